The first-order chi connectivity index (χ1) is 22.7. The Morgan fingerprint density at radius 3 is 2.40 bits per heavy atom. The van der Waals surface area contributed by atoms with Crippen molar-refractivity contribution in [2.45, 2.75) is 77.8 Å². The highest BCUT2D eigenvalue weighted by Crippen LogP contribution is 2.67. The molecule has 0 bridgehead atoms. The van der Waals surface area contributed by atoms with E-state index in [1.807, 2.05) is 13.8 Å². The van der Waals surface area contributed by atoms with Crippen molar-refractivity contribution in [1.29, 1.82) is 0 Å². The minimum Gasteiger partial charge on any atom is -0.508 e. The van der Waals surface area contributed by atoms with E-state index in [1.54, 1.807) is 25.3 Å². The smallest absolute Gasteiger partial charge is 0.345 e. The van der Waals surface area contributed by atoms with Crippen molar-refractivity contribution in [2.24, 2.45) is 22.7 Å². The van der Waals surface area contributed by atoms with Crippen LogP contribution in [0.1, 0.15) is 75.9 Å². The number of hydrogen-bond acceptors (Lipinski definition) is 12. The molecule has 1 aliphatic heterocycles. The summed E-state index contributed by atoms with van der Waals surface area (Å²) in [6, 6.07) is 10.6. The Kier molecular flexibility index (Phi) is 8.35. The van der Waals surface area contributed by atoms with Gasteiger partial charge in [-0.15, -0.1) is 0 Å². The van der Waals surface area contributed by atoms with Crippen LogP contribution < -0.4 is 10.4 Å². The van der Waals surface area contributed by atoms with Crippen LogP contribution in [0.15, 0.2) is 64.1 Å². The van der Waals surface area contributed by atoms with E-state index in [0.29, 0.717) is 18.4 Å². The second kappa shape index (κ2) is 12.1. The number of aromatic hydroxyl groups is 1. The van der Waals surface area contributed by atoms with Crippen LogP contribution in [-0.4, -0.2) is 57.5 Å². The van der Waals surface area contributed by atoms with E-state index < -0.39 is 70.1 Å². The molecule has 12 nitrogen and oxygen atoms in total. The lowest BCUT2D eigenvalue weighted by atomic mass is 9.42. The van der Waals surface area contributed by atoms with Crippen molar-refractivity contribution in [2.75, 3.05) is 6.61 Å². The number of carbonyl (C=O) groups excluding carboxylic acids is 3. The average Bonchev–Trinajstić information content (AvgIpc) is 3.02. The standard InChI is InChI=1S/C36H39NO11/c1-19(38)44-18-35(4)26-16-28(47-32(42)21-8-10-23(40)11-9-21)36(5)31(34(26,3)13-12-27(35)45-20(2)39)30(41)29-25(48-36)15-24(46-33(29)43)22-7-6-14-37-17-22/h6-11,14-15,17,26-28,30-31,40-41H,12-13,16,18H2,1-5H3/t26?,27-,28-,30-,31?,34-,35?,36+/m0/s1. The van der Waals surface area contributed by atoms with Gasteiger partial charge in [0.15, 0.2) is 0 Å². The molecule has 0 saturated heterocycles. The summed E-state index contributed by atoms with van der Waals surface area (Å²) in [5, 5.41) is 22.1. The predicted molar refractivity (Wildman–Crippen MR) is 169 cm³/mol. The highest BCUT2D eigenvalue weighted by Gasteiger charge is 2.71. The summed E-state index contributed by atoms with van der Waals surface area (Å²) in [5.74, 6) is -2.75. The zero-order valence-electron chi connectivity index (χ0n) is 27.4. The topological polar surface area (TPSA) is 172 Å². The van der Waals surface area contributed by atoms with Crippen LogP contribution in [0.5, 0.6) is 11.5 Å². The van der Waals surface area contributed by atoms with Crippen molar-refractivity contribution in [1.82, 2.24) is 4.98 Å². The largest absolute Gasteiger partial charge is 0.508 e. The van der Waals surface area contributed by atoms with Crippen molar-refractivity contribution >= 4 is 17.9 Å². The SMILES string of the molecule is CC(=O)OCC1(C)C2C[C@H](OC(=O)c3ccc(O)cc3)[C@@]3(C)Oc4cc(-c5cccnc5)oc(=O)c4[C@H](O)C3[C@@]2(C)CC[C@@H]1OC(C)=O. The number of phenols is 1. The number of aliphatic hydroxyl groups excluding tert-OH is 1. The van der Waals surface area contributed by atoms with Crippen molar-refractivity contribution in [3.05, 3.63) is 76.4 Å². The van der Waals surface area contributed by atoms with Crippen molar-refractivity contribution in [3.63, 3.8) is 0 Å². The number of aromatic nitrogens is 1. The molecule has 2 N–H and O–H groups in total. The Morgan fingerprint density at radius 2 is 1.75 bits per heavy atom. The van der Waals surface area contributed by atoms with Gasteiger partial charge in [0, 0.05) is 49.2 Å². The van der Waals surface area contributed by atoms with E-state index in [0.717, 1.165) is 0 Å². The van der Waals surface area contributed by atoms with Gasteiger partial charge in [0.05, 0.1) is 11.7 Å². The van der Waals surface area contributed by atoms with Gasteiger partial charge >= 0.3 is 23.5 Å². The summed E-state index contributed by atoms with van der Waals surface area (Å²) in [7, 11) is 0. The van der Waals surface area contributed by atoms with E-state index >= 15 is 0 Å². The summed E-state index contributed by atoms with van der Waals surface area (Å²) < 4.78 is 30.1. The molecule has 2 fully saturated rings. The van der Waals surface area contributed by atoms with Gasteiger partial charge < -0.3 is 33.6 Å². The predicted octanol–water partition coefficient (Wildman–Crippen LogP) is 4.75. The molecule has 8 atom stereocenters. The first-order valence-electron chi connectivity index (χ1n) is 15.9. The minimum atomic E-state index is -1.41. The number of esters is 3. The summed E-state index contributed by atoms with van der Waals surface area (Å²) in [4.78, 5) is 55.8. The molecule has 0 radical (unpaired) electrons. The maximum Gasteiger partial charge on any atom is 0.345 e. The Morgan fingerprint density at radius 1 is 1.02 bits per heavy atom. The van der Waals surface area contributed by atoms with Crippen LogP contribution in [0.4, 0.5) is 0 Å². The van der Waals surface area contributed by atoms with Crippen LogP contribution in [0.3, 0.4) is 0 Å². The van der Waals surface area contributed by atoms with E-state index in [9.17, 15) is 29.4 Å². The summed E-state index contributed by atoms with van der Waals surface area (Å²) in [6.45, 7) is 8.12. The van der Waals surface area contributed by atoms with E-state index in [2.05, 4.69) is 4.98 Å². The Hall–Kier alpha value is -4.71. The number of phenolic OH excluding ortho intramolecular Hbond substituents is 1. The maximum atomic E-state index is 13.7. The Balaban J connectivity index is 1.50. The van der Waals surface area contributed by atoms with E-state index in [-0.39, 0.29) is 41.4 Å². The molecule has 2 saturated carbocycles. The fraction of sp³-hybridized carbons (Fsp3) is 0.472. The number of carbonyl (C=O) groups is 3. The molecule has 3 aliphatic rings. The number of ether oxygens (including phenoxy) is 4. The van der Waals surface area contributed by atoms with Crippen molar-refractivity contribution < 1.29 is 48.0 Å². The lowest BCUT2D eigenvalue weighted by Crippen LogP contribution is -2.71. The fourth-order valence-corrected chi connectivity index (χ4v) is 8.63. The molecule has 3 heterocycles. The van der Waals surface area contributed by atoms with Gasteiger partial charge in [-0.2, -0.15) is 0 Å². The highest BCUT2D eigenvalue weighted by atomic mass is 16.6. The zero-order valence-corrected chi connectivity index (χ0v) is 27.4. The van der Waals surface area contributed by atoms with Gasteiger partial charge in [-0.05, 0) is 73.9 Å². The molecular formula is C36H39NO11. The molecule has 6 rings (SSSR count). The van der Waals surface area contributed by atoms with E-state index in [1.165, 1.54) is 50.4 Å². The summed E-state index contributed by atoms with van der Waals surface area (Å²) in [6.07, 6.45) is 1.04. The molecule has 0 spiro atoms. The lowest BCUT2D eigenvalue weighted by molar-refractivity contribution is -0.266. The first kappa shape index (κ1) is 33.2. The molecule has 254 valence electrons. The number of pyridine rings is 1. The molecular weight excluding hydrogens is 622 g/mol. The maximum absolute atomic E-state index is 13.7. The quantitative estimate of drug-likeness (QED) is 0.275. The lowest BCUT2D eigenvalue weighted by Gasteiger charge is -2.66. The molecule has 1 aromatic carbocycles. The van der Waals surface area contributed by atoms with Gasteiger partial charge in [0.25, 0.3) is 0 Å². The monoisotopic (exact) mass is 661 g/mol. The first-order valence-corrected chi connectivity index (χ1v) is 15.9. The molecule has 3 aromatic rings. The van der Waals surface area contributed by atoms with Gasteiger partial charge in [-0.25, -0.2) is 9.59 Å². The molecule has 0 amide bonds. The molecule has 12 heteroatoms. The van der Waals surface area contributed by atoms with Gasteiger partial charge in [0.2, 0.25) is 0 Å². The number of aliphatic hydroxyl groups is 1. The second-order valence-electron chi connectivity index (χ2n) is 13.8. The summed E-state index contributed by atoms with van der Waals surface area (Å²) >= 11 is 0. The summed E-state index contributed by atoms with van der Waals surface area (Å²) in [5.41, 5.74) is -3.29. The second-order valence-corrected chi connectivity index (χ2v) is 13.8. The van der Waals surface area contributed by atoms with Crippen molar-refractivity contribution in [3.8, 4) is 22.8 Å². The highest BCUT2D eigenvalue weighted by molar-refractivity contribution is 5.89. The molecule has 48 heavy (non-hydrogen) atoms. The molecule has 2 aliphatic carbocycles. The van der Waals surface area contributed by atoms with Gasteiger partial charge in [-0.1, -0.05) is 13.8 Å². The zero-order chi connectivity index (χ0) is 34.6. The Bertz CT molecular complexity index is 1790. The number of hydrogen-bond donors (Lipinski definition) is 2. The third-order valence-electron chi connectivity index (χ3n) is 10.8. The number of fused-ring (bicyclic) bond motifs is 4. The molecule has 2 aromatic heterocycles. The minimum absolute atomic E-state index is 0.0226. The van der Waals surface area contributed by atoms with Crippen LogP contribution in [0, 0.1) is 22.7 Å². The normalized spacial score (nSPS) is 32.0. The van der Waals surface area contributed by atoms with Gasteiger partial charge in [0.1, 0.15) is 47.2 Å². The Labute approximate surface area is 277 Å². The fourth-order valence-electron chi connectivity index (χ4n) is 8.63. The number of nitrogens with zero attached hydrogens (tertiary/aromatic N) is 1. The van der Waals surface area contributed by atoms with Crippen LogP contribution in [-0.2, 0) is 23.8 Å². The third kappa shape index (κ3) is 5.51. The number of rotatable bonds is 6. The van der Waals surface area contributed by atoms with Crippen LogP contribution >= 0.6 is 0 Å². The van der Waals surface area contributed by atoms with Crippen LogP contribution in [0.2, 0.25) is 0 Å². The van der Waals surface area contributed by atoms with E-state index in [4.69, 9.17) is 23.4 Å². The van der Waals surface area contributed by atoms with Gasteiger partial charge in [-0.3, -0.25) is 14.6 Å². The average molecular weight is 662 g/mol. The third-order valence-corrected chi connectivity index (χ3v) is 10.8. The van der Waals surface area contributed by atoms with Crippen LogP contribution in [0.25, 0.3) is 11.3 Å². The number of benzene rings is 1. The molecule has 3 unspecified atom stereocenters.